The van der Waals surface area contributed by atoms with Crippen molar-refractivity contribution in [1.82, 2.24) is 29.9 Å². The molecule has 23 nitrogen and oxygen atoms in total. The van der Waals surface area contributed by atoms with Gasteiger partial charge in [-0.15, -0.1) is 0 Å². The fourth-order valence-corrected chi connectivity index (χ4v) is 13.0. The predicted octanol–water partition coefficient (Wildman–Crippen LogP) is 14.6. The van der Waals surface area contributed by atoms with Gasteiger partial charge in [-0.3, -0.25) is 4.79 Å². The molecule has 5 N–H and O–H groups in total. The van der Waals surface area contributed by atoms with Crippen LogP contribution in [0.1, 0.15) is 83.0 Å². The Balaban J connectivity index is 0.000000233. The molecule has 0 unspecified atom stereocenters. The van der Waals surface area contributed by atoms with Crippen molar-refractivity contribution in [2.75, 3.05) is 89.4 Å². The SMILES string of the molecule is CC1(C)COB(B2OCC(C)(C)CO2)OC1.CO.COC(=O)c1c[nH]c2cc(Cl)c(-c3ccc(Br)nc3OC)cc12.COC(=O)c1c[nH]c2cc(Cl)c(B3OCC(C)(C)CO3)cc12.COC(=O)c1c[nH]c2cc(Cl)c(Br)cc12.COc1nc(Br)ccc1I.C[O-].O=C(c1c[nH]c2cc(Cl)c(Br)cc12)C(Cl)(Cl)Cl.[Na+]. The Morgan fingerprint density at radius 1 is 0.491 bits per heavy atom. The van der Waals surface area contributed by atoms with E-state index in [1.807, 2.05) is 30.3 Å². The molecule has 3 fully saturated rings. The number of halogens is 12. The number of hydrogen-bond donors (Lipinski definition) is 5. The zero-order valence-electron chi connectivity index (χ0n) is 60.6. The Bertz CT molecular complexity index is 4700. The van der Waals surface area contributed by atoms with Crippen LogP contribution in [-0.4, -0.2) is 173 Å². The molecule has 13 rings (SSSR count). The maximum Gasteiger partial charge on any atom is 1.00 e. The fraction of sp³-hybridized carbons (Fsp3) is 0.333. The van der Waals surface area contributed by atoms with Gasteiger partial charge in [0.15, 0.2) is 0 Å². The number of hydrogen-bond acceptors (Lipinski definition) is 19. The molecule has 39 heteroatoms. The van der Waals surface area contributed by atoms with Crippen molar-refractivity contribution in [3.63, 3.8) is 0 Å². The summed E-state index contributed by atoms with van der Waals surface area (Å²) in [5.41, 5.74) is 7.11. The third-order valence-electron chi connectivity index (χ3n) is 15.3. The van der Waals surface area contributed by atoms with Gasteiger partial charge < -0.3 is 81.8 Å². The number of alkyl halides is 3. The van der Waals surface area contributed by atoms with E-state index in [4.69, 9.17) is 138 Å². The van der Waals surface area contributed by atoms with E-state index in [1.165, 1.54) is 27.5 Å². The molecule has 6 aromatic heterocycles. The second-order valence-electron chi connectivity index (χ2n) is 25.3. The maximum absolute atomic E-state index is 11.9. The Labute approximate surface area is 729 Å². The third kappa shape index (κ3) is 25.8. The largest absolute Gasteiger partial charge is 1.00 e. The predicted molar refractivity (Wildman–Crippen MR) is 444 cm³/mol. The van der Waals surface area contributed by atoms with Crippen LogP contribution in [-0.2, 0) is 42.1 Å². The number of esters is 3. The van der Waals surface area contributed by atoms with Crippen molar-refractivity contribution in [1.29, 1.82) is 0 Å². The van der Waals surface area contributed by atoms with Crippen molar-refractivity contribution in [3.8, 4) is 22.9 Å². The van der Waals surface area contributed by atoms with E-state index in [0.29, 0.717) is 114 Å². The molecule has 3 aliphatic heterocycles. The summed E-state index contributed by atoms with van der Waals surface area (Å²) >= 11 is 56.6. The summed E-state index contributed by atoms with van der Waals surface area (Å²) in [6.45, 7) is 16.5. The van der Waals surface area contributed by atoms with E-state index < -0.39 is 28.6 Å². The minimum absolute atomic E-state index is 0. The zero-order valence-corrected chi connectivity index (χ0v) is 76.4. The van der Waals surface area contributed by atoms with Crippen LogP contribution in [0.4, 0.5) is 0 Å². The number of Topliss-reactive ketones (excluding diaryl/α,β-unsaturated/α-hetero) is 1. The van der Waals surface area contributed by atoms with Gasteiger partial charge in [0.1, 0.15) is 9.21 Å². The molecule has 0 bridgehead atoms. The number of fused-ring (bicyclic) bond motifs is 4. The molecule has 3 aliphatic rings. The number of ketones is 1. The minimum atomic E-state index is -1.97. The van der Waals surface area contributed by atoms with E-state index in [9.17, 15) is 19.2 Å². The second-order valence-corrected chi connectivity index (χ2v) is 33.7. The van der Waals surface area contributed by atoms with E-state index >= 15 is 0 Å². The summed E-state index contributed by atoms with van der Waals surface area (Å²) in [5.74, 6) is -0.652. The Morgan fingerprint density at radius 3 is 1.20 bits per heavy atom. The molecule has 0 atom stereocenters. The van der Waals surface area contributed by atoms with Crippen LogP contribution >= 0.6 is 168 Å². The normalized spacial score (nSPS) is 14.6. The van der Waals surface area contributed by atoms with Crippen molar-refractivity contribution in [2.24, 2.45) is 16.2 Å². The number of nitrogens with zero attached hydrogens (tertiary/aromatic N) is 2. The number of pyridine rings is 2. The Morgan fingerprint density at radius 2 is 0.824 bits per heavy atom. The van der Waals surface area contributed by atoms with Gasteiger partial charge in [0, 0.05) is 168 Å². The number of aliphatic hydroxyl groups excluding tert-OH is 1. The minimum Gasteiger partial charge on any atom is -0.857 e. The number of carbonyl (C=O) groups excluding carboxylic acids is 4. The van der Waals surface area contributed by atoms with Crippen LogP contribution in [0.25, 0.3) is 54.7 Å². The number of H-pyrrole nitrogens is 4. The van der Waals surface area contributed by atoms with Gasteiger partial charge in [-0.1, -0.05) is 129 Å². The van der Waals surface area contributed by atoms with Crippen molar-refractivity contribution < 1.29 is 111 Å². The van der Waals surface area contributed by atoms with Gasteiger partial charge in [-0.05, 0) is 153 Å². The molecular formula is C69H72B3Br4Cl7IN6NaO17. The van der Waals surface area contributed by atoms with Crippen molar-refractivity contribution in [3.05, 3.63) is 162 Å². The first kappa shape index (κ1) is 95.2. The quantitative estimate of drug-likeness (QED) is 0.0171. The first-order valence-electron chi connectivity index (χ1n) is 31.5. The van der Waals surface area contributed by atoms with Crippen LogP contribution < -0.4 is 49.6 Å². The summed E-state index contributed by atoms with van der Waals surface area (Å²) in [6, 6.07) is 21.6. The standard InChI is InChI=1S/C16H12BrClN2O3.C15H17BClNO4.C10H20B2O4.C10H4BrCl4NO.C10H7BrClNO2.C6H5BrINO.CH4O.CH3O.Na/c1-22-15-8(3-4-14(17)20-15)9-5-10-11(16(21)23-2)7-19-13(10)6-12(9)18;1-15(2)7-21-16(22-8-15)11-4-9-10(14(19)20-3)6-18-13(9)5-12(11)17;1-9(2)5-13-11(14-6-9)12-15-7-10(3,4)8-16-12;11-6-1-4-5(9(17)10(13,14)15)3-16-8(4)2-7(6)12;1-15-10(14)6-4-13-9-3-8(12)7(11)2-5(6)9;1-10-6-4(8)2-3-5(7)9-6;2*1-2;/h3-7,19H,1-2H3;4-6,18H,7-8H2,1-3H3;5-8H2,1-4H3;1-3,16H;2-4,13H,1H3;2-3H,1H3;2H,1H3;1H3;/q;;;;;;;-1;+1. The van der Waals surface area contributed by atoms with Gasteiger partial charge in [-0.2, -0.15) is 7.11 Å². The van der Waals surface area contributed by atoms with E-state index in [-0.39, 0.29) is 65.8 Å². The van der Waals surface area contributed by atoms with E-state index in [2.05, 4.69) is 162 Å². The number of benzene rings is 4. The molecule has 3 saturated heterocycles. The number of aromatic nitrogens is 6. The first-order valence-corrected chi connectivity index (χ1v) is 38.4. The van der Waals surface area contributed by atoms with Crippen LogP contribution in [0, 0.1) is 19.8 Å². The summed E-state index contributed by atoms with van der Waals surface area (Å²) in [5, 5.41) is 20.3. The number of nitrogens with one attached hydrogen (secondary N) is 4. The summed E-state index contributed by atoms with van der Waals surface area (Å²) in [7, 11) is 7.69. The van der Waals surface area contributed by atoms with Crippen LogP contribution in [0.3, 0.4) is 0 Å². The average Bonchev–Trinajstić information content (AvgIpc) is 1.56. The molecule has 0 aliphatic carbocycles. The molecule has 0 saturated carbocycles. The summed E-state index contributed by atoms with van der Waals surface area (Å²) < 4.78 is 60.6. The number of rotatable bonds is 9. The number of ether oxygens (including phenoxy) is 5. The summed E-state index contributed by atoms with van der Waals surface area (Å²) in [4.78, 5) is 67.2. The molecule has 108 heavy (non-hydrogen) atoms. The Hall–Kier alpha value is -3.43. The van der Waals surface area contributed by atoms with Crippen molar-refractivity contribution in [2.45, 2.75) is 45.3 Å². The third-order valence-corrected chi connectivity index (χ3v) is 20.5. The molecule has 0 amide bonds. The second kappa shape index (κ2) is 43.3. The van der Waals surface area contributed by atoms with Gasteiger partial charge in [-0.25, -0.2) is 24.4 Å². The number of carbonyl (C=O) groups is 4. The van der Waals surface area contributed by atoms with Gasteiger partial charge in [0.2, 0.25) is 17.5 Å². The fourth-order valence-electron chi connectivity index (χ4n) is 10.0. The molecule has 10 aromatic rings. The maximum atomic E-state index is 11.9. The van der Waals surface area contributed by atoms with Crippen molar-refractivity contribution >= 4 is 261 Å². The topological polar surface area (TPSA) is 302 Å². The van der Waals surface area contributed by atoms with E-state index in [0.717, 1.165) is 76.2 Å². The molecule has 9 heterocycles. The number of aliphatic hydroxyl groups is 1. The van der Waals surface area contributed by atoms with Crippen LogP contribution in [0.2, 0.25) is 20.1 Å². The van der Waals surface area contributed by atoms with Gasteiger partial charge >= 0.3 is 68.6 Å². The molecule has 0 spiro atoms. The van der Waals surface area contributed by atoms with Crippen LogP contribution in [0.15, 0.2) is 116 Å². The van der Waals surface area contributed by atoms with Crippen LogP contribution in [0.5, 0.6) is 11.8 Å². The molecule has 574 valence electrons. The monoisotopic (exact) mass is 2000 g/mol. The van der Waals surface area contributed by atoms with E-state index in [1.54, 1.807) is 75.3 Å². The first-order chi connectivity index (χ1) is 50.5. The zero-order chi connectivity index (χ0) is 79.6. The van der Waals surface area contributed by atoms with Gasteiger partial charge in [0.25, 0.3) is 3.79 Å². The molecular weight excluding hydrogens is 1930 g/mol. The average molecular weight is 2010 g/mol. The molecule has 0 radical (unpaired) electrons. The summed E-state index contributed by atoms with van der Waals surface area (Å²) in [6.07, 6.45) is 6.33. The Kier molecular flexibility index (Phi) is 38.2. The van der Waals surface area contributed by atoms with Gasteiger partial charge in [0.05, 0.1) is 70.9 Å². The smallest absolute Gasteiger partial charge is 0.857 e. The molecule has 4 aromatic carbocycles. The number of methoxy groups -OCH3 is 5. The number of aromatic amines is 4.